The maximum Gasteiger partial charge on any atom is 0.228 e. The maximum absolute atomic E-state index is 12.4. The van der Waals surface area contributed by atoms with E-state index in [1.165, 1.54) is 6.42 Å². The predicted molar refractivity (Wildman–Crippen MR) is 67.4 cm³/mol. The van der Waals surface area contributed by atoms with Gasteiger partial charge in [0.05, 0.1) is 0 Å². The number of hydrogen-bond donors (Lipinski definition) is 1. The molecule has 1 aliphatic heterocycles. The van der Waals surface area contributed by atoms with Crippen LogP contribution in [0.5, 0.6) is 0 Å². The van der Waals surface area contributed by atoms with Crippen LogP contribution >= 0.6 is 0 Å². The Morgan fingerprint density at radius 2 is 2.12 bits per heavy atom. The van der Waals surface area contributed by atoms with Crippen LogP contribution in [0, 0.1) is 5.41 Å². The maximum atomic E-state index is 12.4. The number of piperidine rings is 1. The Balaban J connectivity index is 2.69. The second-order valence-corrected chi connectivity index (χ2v) is 5.33. The van der Waals surface area contributed by atoms with Crippen LogP contribution in [0.15, 0.2) is 0 Å². The number of hydrogen-bond acceptors (Lipinski definition) is 2. The van der Waals surface area contributed by atoms with E-state index in [1.807, 2.05) is 13.8 Å². The lowest BCUT2D eigenvalue weighted by Crippen LogP contribution is -2.52. The summed E-state index contributed by atoms with van der Waals surface area (Å²) in [6, 6.07) is 0.400. The molecule has 0 aromatic rings. The first-order chi connectivity index (χ1) is 7.53. The smallest absolute Gasteiger partial charge is 0.228 e. The van der Waals surface area contributed by atoms with E-state index in [1.54, 1.807) is 0 Å². The van der Waals surface area contributed by atoms with Crippen molar-refractivity contribution in [3.8, 4) is 0 Å². The minimum atomic E-state index is -0.215. The standard InChI is InChI=1S/C13H26N2O/c1-5-13(3,4)12(16)15(6-2)11-8-7-9-14-10-11/h11,14H,5-10H2,1-4H3. The van der Waals surface area contributed by atoms with Gasteiger partial charge in [-0.15, -0.1) is 0 Å². The molecule has 1 atom stereocenters. The summed E-state index contributed by atoms with van der Waals surface area (Å²) >= 11 is 0. The Bertz CT molecular complexity index is 232. The van der Waals surface area contributed by atoms with Crippen LogP contribution in [0.2, 0.25) is 0 Å². The van der Waals surface area contributed by atoms with Gasteiger partial charge in [0.15, 0.2) is 0 Å². The molecule has 0 aromatic carbocycles. The summed E-state index contributed by atoms with van der Waals surface area (Å²) in [6.45, 7) is 11.2. The Kier molecular flexibility index (Phi) is 4.78. The third kappa shape index (κ3) is 2.97. The molecule has 0 spiro atoms. The zero-order valence-electron chi connectivity index (χ0n) is 11.2. The van der Waals surface area contributed by atoms with Gasteiger partial charge < -0.3 is 10.2 Å². The SMILES string of the molecule is CCN(C(=O)C(C)(C)CC)C1CCCNC1. The van der Waals surface area contributed by atoms with Crippen molar-refractivity contribution in [2.75, 3.05) is 19.6 Å². The Hall–Kier alpha value is -0.570. The summed E-state index contributed by atoms with van der Waals surface area (Å²) in [6.07, 6.45) is 3.23. The quantitative estimate of drug-likeness (QED) is 0.795. The van der Waals surface area contributed by atoms with Gasteiger partial charge in [-0.25, -0.2) is 0 Å². The highest BCUT2D eigenvalue weighted by atomic mass is 16.2. The lowest BCUT2D eigenvalue weighted by atomic mass is 9.87. The Labute approximate surface area is 99.6 Å². The van der Waals surface area contributed by atoms with E-state index >= 15 is 0 Å². The lowest BCUT2D eigenvalue weighted by molar-refractivity contribution is -0.143. The molecule has 94 valence electrons. The Morgan fingerprint density at radius 1 is 1.44 bits per heavy atom. The average molecular weight is 226 g/mol. The summed E-state index contributed by atoms with van der Waals surface area (Å²) in [5.74, 6) is 0.311. The number of rotatable bonds is 4. The Morgan fingerprint density at radius 3 is 2.56 bits per heavy atom. The van der Waals surface area contributed by atoms with E-state index in [2.05, 4.69) is 24.1 Å². The third-order valence-electron chi connectivity index (χ3n) is 3.78. The average Bonchev–Trinajstić information content (AvgIpc) is 2.31. The molecule has 0 bridgehead atoms. The summed E-state index contributed by atoms with van der Waals surface area (Å²) in [4.78, 5) is 14.5. The highest BCUT2D eigenvalue weighted by Gasteiger charge is 2.33. The zero-order chi connectivity index (χ0) is 12.2. The first-order valence-corrected chi connectivity index (χ1v) is 6.54. The van der Waals surface area contributed by atoms with Gasteiger partial charge in [-0.1, -0.05) is 20.8 Å². The van der Waals surface area contributed by atoms with Crippen LogP contribution in [-0.2, 0) is 4.79 Å². The lowest BCUT2D eigenvalue weighted by Gasteiger charge is -2.38. The molecule has 16 heavy (non-hydrogen) atoms. The van der Waals surface area contributed by atoms with E-state index < -0.39 is 0 Å². The van der Waals surface area contributed by atoms with Gasteiger partial charge in [0, 0.05) is 24.5 Å². The number of amides is 1. The van der Waals surface area contributed by atoms with Crippen molar-refractivity contribution in [3.05, 3.63) is 0 Å². The van der Waals surface area contributed by atoms with Crippen LogP contribution in [0.25, 0.3) is 0 Å². The summed E-state index contributed by atoms with van der Waals surface area (Å²) in [5.41, 5.74) is -0.215. The monoisotopic (exact) mass is 226 g/mol. The normalized spacial score (nSPS) is 21.9. The van der Waals surface area contributed by atoms with Crippen LogP contribution in [-0.4, -0.2) is 36.5 Å². The first-order valence-electron chi connectivity index (χ1n) is 6.54. The van der Waals surface area contributed by atoms with Crippen LogP contribution in [0.4, 0.5) is 0 Å². The number of carbonyl (C=O) groups is 1. The van der Waals surface area contributed by atoms with Gasteiger partial charge in [-0.05, 0) is 32.7 Å². The molecule has 0 saturated carbocycles. The molecule has 0 radical (unpaired) electrons. The van der Waals surface area contributed by atoms with Crippen molar-refractivity contribution >= 4 is 5.91 Å². The molecule has 1 rings (SSSR count). The van der Waals surface area contributed by atoms with Crippen LogP contribution in [0.1, 0.15) is 47.0 Å². The molecule has 3 heteroatoms. The molecule has 0 aliphatic carbocycles. The molecular formula is C13H26N2O. The van der Waals surface area contributed by atoms with Gasteiger partial charge in [0.1, 0.15) is 0 Å². The van der Waals surface area contributed by atoms with E-state index in [0.717, 1.165) is 32.5 Å². The van der Waals surface area contributed by atoms with E-state index in [9.17, 15) is 4.79 Å². The van der Waals surface area contributed by atoms with Gasteiger partial charge in [0.2, 0.25) is 5.91 Å². The van der Waals surface area contributed by atoms with Gasteiger partial charge >= 0.3 is 0 Å². The van der Waals surface area contributed by atoms with Crippen molar-refractivity contribution in [2.24, 2.45) is 5.41 Å². The molecule has 1 saturated heterocycles. The number of nitrogens with zero attached hydrogens (tertiary/aromatic N) is 1. The van der Waals surface area contributed by atoms with Crippen LogP contribution < -0.4 is 5.32 Å². The molecule has 0 aromatic heterocycles. The summed E-state index contributed by atoms with van der Waals surface area (Å²) in [5, 5.41) is 3.38. The highest BCUT2D eigenvalue weighted by molar-refractivity contribution is 5.82. The minimum absolute atomic E-state index is 0.215. The number of nitrogens with one attached hydrogen (secondary N) is 1. The van der Waals surface area contributed by atoms with Crippen molar-refractivity contribution in [1.82, 2.24) is 10.2 Å². The molecule has 1 heterocycles. The van der Waals surface area contributed by atoms with Gasteiger partial charge in [0.25, 0.3) is 0 Å². The zero-order valence-corrected chi connectivity index (χ0v) is 11.2. The van der Waals surface area contributed by atoms with E-state index in [-0.39, 0.29) is 5.41 Å². The van der Waals surface area contributed by atoms with Gasteiger partial charge in [-0.2, -0.15) is 0 Å². The third-order valence-corrected chi connectivity index (χ3v) is 3.78. The molecule has 1 amide bonds. The second-order valence-electron chi connectivity index (χ2n) is 5.33. The largest absolute Gasteiger partial charge is 0.338 e. The summed E-state index contributed by atoms with van der Waals surface area (Å²) in [7, 11) is 0. The first kappa shape index (κ1) is 13.5. The van der Waals surface area contributed by atoms with Crippen LogP contribution in [0.3, 0.4) is 0 Å². The fourth-order valence-electron chi connectivity index (χ4n) is 2.21. The molecule has 1 unspecified atom stereocenters. The van der Waals surface area contributed by atoms with E-state index in [0.29, 0.717) is 11.9 Å². The number of likely N-dealkylation sites (N-methyl/N-ethyl adjacent to an activating group) is 1. The number of carbonyl (C=O) groups excluding carboxylic acids is 1. The fraction of sp³-hybridized carbons (Fsp3) is 0.923. The highest BCUT2D eigenvalue weighted by Crippen LogP contribution is 2.25. The second kappa shape index (κ2) is 5.67. The van der Waals surface area contributed by atoms with E-state index in [4.69, 9.17) is 0 Å². The fourth-order valence-corrected chi connectivity index (χ4v) is 2.21. The van der Waals surface area contributed by atoms with Gasteiger partial charge in [-0.3, -0.25) is 4.79 Å². The molecule has 1 aliphatic rings. The topological polar surface area (TPSA) is 32.3 Å². The summed E-state index contributed by atoms with van der Waals surface area (Å²) < 4.78 is 0. The van der Waals surface area contributed by atoms with Crippen molar-refractivity contribution in [3.63, 3.8) is 0 Å². The predicted octanol–water partition coefficient (Wildman–Crippen LogP) is 2.02. The van der Waals surface area contributed by atoms with Crippen molar-refractivity contribution < 1.29 is 4.79 Å². The molecular weight excluding hydrogens is 200 g/mol. The molecule has 3 nitrogen and oxygen atoms in total. The van der Waals surface area contributed by atoms with Crippen molar-refractivity contribution in [1.29, 1.82) is 0 Å². The molecule has 1 N–H and O–H groups in total. The minimum Gasteiger partial charge on any atom is -0.338 e. The molecule has 1 fully saturated rings. The van der Waals surface area contributed by atoms with Crippen molar-refractivity contribution in [2.45, 2.75) is 53.0 Å².